The largest absolute Gasteiger partial charge is 0.306 e. The predicted octanol–water partition coefficient (Wildman–Crippen LogP) is 2.90. The van der Waals surface area contributed by atoms with Gasteiger partial charge in [0.2, 0.25) is 0 Å². The van der Waals surface area contributed by atoms with Gasteiger partial charge in [0.25, 0.3) is 6.43 Å². The standard InChI is InChI=1S/C10H19F2NS/c1-7(10(11)12)13-8-3-5-9(14-2)6-4-8/h7-10,13H,3-6H2,1-2H3. The summed E-state index contributed by atoms with van der Waals surface area (Å²) in [6, 6.07) is -0.353. The quantitative estimate of drug-likeness (QED) is 0.786. The first-order valence-corrected chi connectivity index (χ1v) is 6.49. The van der Waals surface area contributed by atoms with E-state index >= 15 is 0 Å². The van der Waals surface area contributed by atoms with Gasteiger partial charge >= 0.3 is 0 Å². The Morgan fingerprint density at radius 3 is 2.21 bits per heavy atom. The number of rotatable bonds is 4. The predicted molar refractivity (Wildman–Crippen MR) is 58.2 cm³/mol. The van der Waals surface area contributed by atoms with E-state index in [4.69, 9.17) is 0 Å². The van der Waals surface area contributed by atoms with Crippen molar-refractivity contribution in [3.63, 3.8) is 0 Å². The molecule has 1 unspecified atom stereocenters. The van der Waals surface area contributed by atoms with Crippen LogP contribution in [0.25, 0.3) is 0 Å². The maximum atomic E-state index is 12.3. The van der Waals surface area contributed by atoms with Crippen molar-refractivity contribution in [3.05, 3.63) is 0 Å². The SMILES string of the molecule is CSC1CCC(NC(C)C(F)F)CC1. The fourth-order valence-electron chi connectivity index (χ4n) is 1.91. The van der Waals surface area contributed by atoms with Crippen LogP contribution in [0.3, 0.4) is 0 Å². The van der Waals surface area contributed by atoms with Gasteiger partial charge in [-0.2, -0.15) is 11.8 Å². The van der Waals surface area contributed by atoms with Gasteiger partial charge in [-0.3, -0.25) is 0 Å². The first-order chi connectivity index (χ1) is 6.63. The zero-order valence-electron chi connectivity index (χ0n) is 8.80. The average molecular weight is 223 g/mol. The minimum absolute atomic E-state index is 0.308. The lowest BCUT2D eigenvalue weighted by Crippen LogP contribution is -2.42. The fourth-order valence-corrected chi connectivity index (χ4v) is 2.65. The normalized spacial score (nSPS) is 30.6. The molecule has 0 bridgehead atoms. The van der Waals surface area contributed by atoms with Crippen LogP contribution in [0.5, 0.6) is 0 Å². The molecule has 1 aliphatic carbocycles. The second kappa shape index (κ2) is 5.91. The molecular weight excluding hydrogens is 204 g/mol. The van der Waals surface area contributed by atoms with Gasteiger partial charge in [-0.15, -0.1) is 0 Å². The molecule has 4 heteroatoms. The van der Waals surface area contributed by atoms with E-state index in [2.05, 4.69) is 11.6 Å². The summed E-state index contributed by atoms with van der Waals surface area (Å²) in [5.41, 5.74) is 0. The molecule has 0 aliphatic heterocycles. The molecule has 1 N–H and O–H groups in total. The highest BCUT2D eigenvalue weighted by atomic mass is 32.2. The molecule has 1 atom stereocenters. The lowest BCUT2D eigenvalue weighted by molar-refractivity contribution is 0.0965. The van der Waals surface area contributed by atoms with E-state index in [1.807, 2.05) is 11.8 Å². The maximum Gasteiger partial charge on any atom is 0.253 e. The highest BCUT2D eigenvalue weighted by Crippen LogP contribution is 2.27. The van der Waals surface area contributed by atoms with Gasteiger partial charge in [0.15, 0.2) is 0 Å². The summed E-state index contributed by atoms with van der Waals surface area (Å²) in [7, 11) is 0. The summed E-state index contributed by atoms with van der Waals surface area (Å²) in [5, 5.41) is 3.75. The summed E-state index contributed by atoms with van der Waals surface area (Å²) in [5.74, 6) is 0. The second-order valence-corrected chi connectivity index (χ2v) is 5.14. The molecule has 0 saturated heterocycles. The molecule has 0 aromatic carbocycles. The highest BCUT2D eigenvalue weighted by molar-refractivity contribution is 7.99. The van der Waals surface area contributed by atoms with Crippen molar-refractivity contribution in [2.45, 2.75) is 56.4 Å². The number of hydrogen-bond donors (Lipinski definition) is 1. The molecular formula is C10H19F2NS. The van der Waals surface area contributed by atoms with Gasteiger partial charge in [0.05, 0.1) is 6.04 Å². The molecule has 0 aromatic heterocycles. The summed E-state index contributed by atoms with van der Waals surface area (Å²) < 4.78 is 24.5. The van der Waals surface area contributed by atoms with E-state index in [-0.39, 0.29) is 0 Å². The summed E-state index contributed by atoms with van der Waals surface area (Å²) >= 11 is 1.90. The molecule has 0 aromatic rings. The number of hydrogen-bond acceptors (Lipinski definition) is 2. The van der Waals surface area contributed by atoms with Crippen LogP contribution < -0.4 is 5.32 Å². The first kappa shape index (κ1) is 12.2. The second-order valence-electron chi connectivity index (χ2n) is 4.00. The van der Waals surface area contributed by atoms with Crippen LogP contribution in [0.2, 0.25) is 0 Å². The maximum absolute atomic E-state index is 12.3. The number of thioether (sulfide) groups is 1. The van der Waals surface area contributed by atoms with E-state index < -0.39 is 12.5 Å². The lowest BCUT2D eigenvalue weighted by Gasteiger charge is -2.30. The fraction of sp³-hybridized carbons (Fsp3) is 1.00. The minimum atomic E-state index is -2.24. The third-order valence-electron chi connectivity index (χ3n) is 2.88. The molecule has 1 fully saturated rings. The smallest absolute Gasteiger partial charge is 0.253 e. The Labute approximate surface area is 89.0 Å². The molecule has 0 heterocycles. The van der Waals surface area contributed by atoms with Crippen LogP contribution in [-0.4, -0.2) is 30.0 Å². The van der Waals surface area contributed by atoms with Gasteiger partial charge in [-0.1, -0.05) is 0 Å². The zero-order valence-corrected chi connectivity index (χ0v) is 9.62. The van der Waals surface area contributed by atoms with E-state index in [0.717, 1.165) is 30.9 Å². The van der Waals surface area contributed by atoms with Gasteiger partial charge < -0.3 is 5.32 Å². The first-order valence-electron chi connectivity index (χ1n) is 5.20. The Morgan fingerprint density at radius 2 is 1.79 bits per heavy atom. The number of halogens is 2. The van der Waals surface area contributed by atoms with Crippen molar-refractivity contribution in [3.8, 4) is 0 Å². The molecule has 0 radical (unpaired) electrons. The van der Waals surface area contributed by atoms with Crippen molar-refractivity contribution in [1.29, 1.82) is 0 Å². The third-order valence-corrected chi connectivity index (χ3v) is 4.02. The minimum Gasteiger partial charge on any atom is -0.306 e. The molecule has 0 spiro atoms. The Hall–Kier alpha value is 0.170. The molecule has 1 saturated carbocycles. The van der Waals surface area contributed by atoms with Crippen molar-refractivity contribution in [1.82, 2.24) is 5.32 Å². The van der Waals surface area contributed by atoms with E-state index in [9.17, 15) is 8.78 Å². The Bertz CT molecular complexity index is 158. The van der Waals surface area contributed by atoms with E-state index in [1.54, 1.807) is 6.92 Å². The van der Waals surface area contributed by atoms with Crippen LogP contribution in [0.15, 0.2) is 0 Å². The van der Waals surface area contributed by atoms with Crippen molar-refractivity contribution in [2.75, 3.05) is 6.26 Å². The van der Waals surface area contributed by atoms with Crippen LogP contribution >= 0.6 is 11.8 Å². The van der Waals surface area contributed by atoms with Gasteiger partial charge in [0.1, 0.15) is 0 Å². The van der Waals surface area contributed by atoms with Gasteiger partial charge in [-0.25, -0.2) is 8.78 Å². The Balaban J connectivity index is 2.22. The Kier molecular flexibility index (Phi) is 5.17. The molecule has 1 aliphatic rings. The van der Waals surface area contributed by atoms with E-state index in [1.165, 1.54) is 0 Å². The number of alkyl halides is 2. The van der Waals surface area contributed by atoms with Gasteiger partial charge in [-0.05, 0) is 38.9 Å². The van der Waals surface area contributed by atoms with E-state index in [0.29, 0.717) is 6.04 Å². The van der Waals surface area contributed by atoms with Crippen LogP contribution in [-0.2, 0) is 0 Å². The summed E-state index contributed by atoms with van der Waals surface area (Å²) in [4.78, 5) is 0. The molecule has 84 valence electrons. The third kappa shape index (κ3) is 3.73. The molecule has 14 heavy (non-hydrogen) atoms. The van der Waals surface area contributed by atoms with Gasteiger partial charge in [0, 0.05) is 11.3 Å². The lowest BCUT2D eigenvalue weighted by atomic mass is 9.94. The molecule has 1 nitrogen and oxygen atoms in total. The Morgan fingerprint density at radius 1 is 1.21 bits per heavy atom. The van der Waals surface area contributed by atoms with Crippen molar-refractivity contribution < 1.29 is 8.78 Å². The summed E-state index contributed by atoms with van der Waals surface area (Å²) in [6.45, 7) is 1.56. The van der Waals surface area contributed by atoms with Crippen molar-refractivity contribution >= 4 is 11.8 Å². The summed E-state index contributed by atoms with van der Waals surface area (Å²) in [6.07, 6.45) is 4.29. The van der Waals surface area contributed by atoms with Crippen molar-refractivity contribution in [2.24, 2.45) is 0 Å². The van der Waals surface area contributed by atoms with Crippen LogP contribution in [0.1, 0.15) is 32.6 Å². The molecule has 1 rings (SSSR count). The van der Waals surface area contributed by atoms with Crippen LogP contribution in [0, 0.1) is 0 Å². The zero-order chi connectivity index (χ0) is 10.6. The van der Waals surface area contributed by atoms with Crippen LogP contribution in [0.4, 0.5) is 8.78 Å². The average Bonchev–Trinajstić information content (AvgIpc) is 2.19. The number of nitrogens with one attached hydrogen (secondary N) is 1. The highest BCUT2D eigenvalue weighted by Gasteiger charge is 2.24. The topological polar surface area (TPSA) is 12.0 Å². The monoisotopic (exact) mass is 223 g/mol. The molecule has 0 amide bonds.